The van der Waals surface area contributed by atoms with Gasteiger partial charge in [-0.15, -0.1) is 0 Å². The van der Waals surface area contributed by atoms with Crippen molar-refractivity contribution < 1.29 is 9.84 Å². The number of benzene rings is 1. The smallest absolute Gasteiger partial charge is 0.125 e. The minimum absolute atomic E-state index is 0.271. The first-order chi connectivity index (χ1) is 9.24. The number of rotatable bonds is 3. The van der Waals surface area contributed by atoms with E-state index in [1.165, 1.54) is 5.56 Å². The Labute approximate surface area is 122 Å². The Balaban J connectivity index is 1.77. The molecule has 3 rings (SSSR count). The van der Waals surface area contributed by atoms with Crippen LogP contribution in [0.5, 0.6) is 5.75 Å². The highest BCUT2D eigenvalue weighted by atomic mass is 79.9. The topological polar surface area (TPSA) is 29.5 Å². The van der Waals surface area contributed by atoms with E-state index < -0.39 is 0 Å². The van der Waals surface area contributed by atoms with Crippen molar-refractivity contribution in [2.75, 3.05) is 6.61 Å². The van der Waals surface area contributed by atoms with Gasteiger partial charge in [0.2, 0.25) is 0 Å². The molecule has 2 aliphatic rings. The van der Waals surface area contributed by atoms with E-state index in [4.69, 9.17) is 4.74 Å². The van der Waals surface area contributed by atoms with Gasteiger partial charge in [0.05, 0.1) is 12.7 Å². The zero-order valence-electron chi connectivity index (χ0n) is 10.9. The maximum atomic E-state index is 10.4. The van der Waals surface area contributed by atoms with Gasteiger partial charge in [-0.05, 0) is 48.4 Å². The third-order valence-electron chi connectivity index (χ3n) is 4.11. The minimum atomic E-state index is -0.271. The van der Waals surface area contributed by atoms with Gasteiger partial charge in [-0.1, -0.05) is 28.1 Å². The van der Waals surface area contributed by atoms with E-state index in [-0.39, 0.29) is 6.10 Å². The average molecular weight is 323 g/mol. The molecule has 0 amide bonds. The van der Waals surface area contributed by atoms with Crippen molar-refractivity contribution in [2.24, 2.45) is 5.92 Å². The van der Waals surface area contributed by atoms with Crippen molar-refractivity contribution in [3.05, 3.63) is 39.9 Å². The molecule has 0 spiro atoms. The lowest BCUT2D eigenvalue weighted by molar-refractivity contribution is 0.101. The van der Waals surface area contributed by atoms with E-state index in [1.807, 2.05) is 0 Å². The molecule has 2 unspecified atom stereocenters. The summed E-state index contributed by atoms with van der Waals surface area (Å²) >= 11 is 3.55. The summed E-state index contributed by atoms with van der Waals surface area (Å²) in [5, 5.41) is 10.4. The second kappa shape index (κ2) is 5.68. The summed E-state index contributed by atoms with van der Waals surface area (Å²) in [5.41, 5.74) is 2.41. The molecule has 102 valence electrons. The van der Waals surface area contributed by atoms with E-state index in [0.717, 1.165) is 48.1 Å². The molecular formula is C16H19BrO2. The van der Waals surface area contributed by atoms with Gasteiger partial charge < -0.3 is 9.84 Å². The van der Waals surface area contributed by atoms with E-state index >= 15 is 0 Å². The molecule has 1 heterocycles. The Morgan fingerprint density at radius 3 is 3.05 bits per heavy atom. The number of aliphatic hydroxyl groups is 1. The van der Waals surface area contributed by atoms with Crippen LogP contribution >= 0.6 is 15.9 Å². The number of fused-ring (bicyclic) bond motifs is 1. The number of hydrogen-bond donors (Lipinski definition) is 1. The van der Waals surface area contributed by atoms with Gasteiger partial charge in [-0.25, -0.2) is 0 Å². The van der Waals surface area contributed by atoms with Crippen molar-refractivity contribution in [3.63, 3.8) is 0 Å². The summed E-state index contributed by atoms with van der Waals surface area (Å²) in [4.78, 5) is 0. The van der Waals surface area contributed by atoms with Gasteiger partial charge in [0.25, 0.3) is 0 Å². The molecular weight excluding hydrogens is 304 g/mol. The molecule has 0 radical (unpaired) electrons. The Morgan fingerprint density at radius 2 is 2.26 bits per heavy atom. The predicted octanol–water partition coefficient (Wildman–Crippen LogP) is 3.64. The summed E-state index contributed by atoms with van der Waals surface area (Å²) in [6.45, 7) is 0.765. The number of allylic oxidation sites excluding steroid dienone is 2. The standard InChI is InChI=1S/C16H19BrO2/c17-14-8-12-6-7-19-16(12)13(9-14)10-15(18)11-4-2-1-3-5-11/h1-2,8-9,11,15,18H,3-7,10H2. The molecule has 0 saturated carbocycles. The molecule has 1 aliphatic carbocycles. The van der Waals surface area contributed by atoms with Gasteiger partial charge in [0, 0.05) is 17.3 Å². The zero-order chi connectivity index (χ0) is 13.2. The quantitative estimate of drug-likeness (QED) is 0.861. The van der Waals surface area contributed by atoms with Gasteiger partial charge in [-0.3, -0.25) is 0 Å². The number of hydrogen-bond acceptors (Lipinski definition) is 2. The molecule has 19 heavy (non-hydrogen) atoms. The van der Waals surface area contributed by atoms with Crippen molar-refractivity contribution in [1.29, 1.82) is 0 Å². The second-order valence-electron chi connectivity index (χ2n) is 5.47. The van der Waals surface area contributed by atoms with Crippen LogP contribution in [0.15, 0.2) is 28.8 Å². The summed E-state index contributed by atoms with van der Waals surface area (Å²) in [6.07, 6.45) is 8.99. The highest BCUT2D eigenvalue weighted by molar-refractivity contribution is 9.10. The van der Waals surface area contributed by atoms with Crippen molar-refractivity contribution in [3.8, 4) is 5.75 Å². The summed E-state index contributed by atoms with van der Waals surface area (Å²) in [5.74, 6) is 1.40. The maximum absolute atomic E-state index is 10.4. The molecule has 3 heteroatoms. The highest BCUT2D eigenvalue weighted by Crippen LogP contribution is 2.35. The van der Waals surface area contributed by atoms with Gasteiger partial charge in [0.15, 0.2) is 0 Å². The SMILES string of the molecule is OC(Cc1cc(Br)cc2c1OCC2)C1CC=CCC1. The first-order valence-electron chi connectivity index (χ1n) is 7.01. The Bertz CT molecular complexity index is 496. The van der Waals surface area contributed by atoms with Crippen LogP contribution in [0.4, 0.5) is 0 Å². The summed E-state index contributed by atoms with van der Waals surface area (Å²) < 4.78 is 6.81. The molecule has 1 N–H and O–H groups in total. The van der Waals surface area contributed by atoms with Crippen LogP contribution < -0.4 is 4.74 Å². The molecule has 0 saturated heterocycles. The van der Waals surface area contributed by atoms with Gasteiger partial charge in [-0.2, -0.15) is 0 Å². The van der Waals surface area contributed by atoms with E-state index in [0.29, 0.717) is 12.3 Å². The molecule has 1 aliphatic heterocycles. The van der Waals surface area contributed by atoms with Crippen LogP contribution in [0.1, 0.15) is 30.4 Å². The van der Waals surface area contributed by atoms with E-state index in [1.54, 1.807) is 0 Å². The fourth-order valence-corrected chi connectivity index (χ4v) is 3.61. The number of aliphatic hydroxyl groups excluding tert-OH is 1. The first-order valence-corrected chi connectivity index (χ1v) is 7.80. The van der Waals surface area contributed by atoms with Crippen LogP contribution in [-0.4, -0.2) is 17.8 Å². The van der Waals surface area contributed by atoms with Gasteiger partial charge >= 0.3 is 0 Å². The largest absolute Gasteiger partial charge is 0.493 e. The summed E-state index contributed by atoms with van der Waals surface area (Å²) in [7, 11) is 0. The van der Waals surface area contributed by atoms with Crippen molar-refractivity contribution in [2.45, 2.75) is 38.2 Å². The van der Waals surface area contributed by atoms with Crippen LogP contribution in [-0.2, 0) is 12.8 Å². The lowest BCUT2D eigenvalue weighted by Gasteiger charge is -2.24. The van der Waals surface area contributed by atoms with Crippen molar-refractivity contribution in [1.82, 2.24) is 0 Å². The Kier molecular flexibility index (Phi) is 3.94. The molecule has 2 atom stereocenters. The van der Waals surface area contributed by atoms with Crippen LogP contribution in [0, 0.1) is 5.92 Å². The lowest BCUT2D eigenvalue weighted by atomic mass is 9.86. The van der Waals surface area contributed by atoms with Crippen LogP contribution in [0.25, 0.3) is 0 Å². The minimum Gasteiger partial charge on any atom is -0.493 e. The molecule has 0 fully saturated rings. The molecule has 0 aromatic heterocycles. The monoisotopic (exact) mass is 322 g/mol. The van der Waals surface area contributed by atoms with Crippen LogP contribution in [0.2, 0.25) is 0 Å². The Hall–Kier alpha value is -0.800. The normalized spacial score (nSPS) is 22.9. The second-order valence-corrected chi connectivity index (χ2v) is 6.38. The highest BCUT2D eigenvalue weighted by Gasteiger charge is 2.24. The summed E-state index contributed by atoms with van der Waals surface area (Å²) in [6, 6.07) is 4.22. The van der Waals surface area contributed by atoms with E-state index in [2.05, 4.69) is 40.2 Å². The number of ether oxygens (including phenoxy) is 1. The third-order valence-corrected chi connectivity index (χ3v) is 4.57. The molecule has 2 nitrogen and oxygen atoms in total. The fourth-order valence-electron chi connectivity index (χ4n) is 3.06. The fraction of sp³-hybridized carbons (Fsp3) is 0.500. The lowest BCUT2D eigenvalue weighted by Crippen LogP contribution is -2.24. The average Bonchev–Trinajstić information content (AvgIpc) is 2.88. The zero-order valence-corrected chi connectivity index (χ0v) is 12.5. The maximum Gasteiger partial charge on any atom is 0.125 e. The van der Waals surface area contributed by atoms with E-state index in [9.17, 15) is 5.11 Å². The molecule has 1 aromatic rings. The van der Waals surface area contributed by atoms with Crippen molar-refractivity contribution >= 4 is 15.9 Å². The molecule has 0 bridgehead atoms. The third kappa shape index (κ3) is 2.87. The molecule has 1 aromatic carbocycles. The number of halogens is 1. The van der Waals surface area contributed by atoms with Crippen LogP contribution in [0.3, 0.4) is 0 Å². The first kappa shape index (κ1) is 13.2. The Morgan fingerprint density at radius 1 is 1.37 bits per heavy atom. The predicted molar refractivity (Wildman–Crippen MR) is 79.5 cm³/mol. The van der Waals surface area contributed by atoms with Gasteiger partial charge in [0.1, 0.15) is 5.75 Å².